The number of benzene rings is 2. The molecule has 0 saturated heterocycles. The molecule has 6 heteroatoms. The fourth-order valence-corrected chi connectivity index (χ4v) is 2.77. The molecule has 2 aromatic carbocycles. The lowest BCUT2D eigenvalue weighted by Gasteiger charge is -2.24. The Morgan fingerprint density at radius 3 is 2.48 bits per heavy atom. The Hall–Kier alpha value is -1.67. The molecule has 2 unspecified atom stereocenters. The molecule has 0 fully saturated rings. The molecule has 0 bridgehead atoms. The number of methoxy groups -OCH3 is 1. The topological polar surface area (TPSA) is 45.7 Å². The minimum atomic E-state index is -0.247. The number of ether oxygens (including phenoxy) is 1. The maximum absolute atomic E-state index is 13.7. The van der Waals surface area contributed by atoms with Gasteiger partial charge in [0.1, 0.15) is 5.82 Å². The number of halogens is 2. The second-order valence-corrected chi connectivity index (χ2v) is 6.42. The van der Waals surface area contributed by atoms with Crippen LogP contribution < -0.4 is 10.6 Å². The van der Waals surface area contributed by atoms with Crippen LogP contribution in [0.1, 0.15) is 36.5 Å². The Morgan fingerprint density at radius 2 is 1.85 bits per heavy atom. The number of guanidine groups is 1. The number of nitrogens with zero attached hydrogens (tertiary/aromatic N) is 1. The van der Waals surface area contributed by atoms with Gasteiger partial charge in [-0.05, 0) is 30.2 Å². The second-order valence-electron chi connectivity index (χ2n) is 6.42. The normalized spacial score (nSPS) is 13.4. The summed E-state index contributed by atoms with van der Waals surface area (Å²) in [4.78, 5) is 4.29. The summed E-state index contributed by atoms with van der Waals surface area (Å²) >= 11 is 0. The van der Waals surface area contributed by atoms with E-state index in [1.807, 2.05) is 12.1 Å². The first kappa shape index (κ1) is 23.4. The van der Waals surface area contributed by atoms with Gasteiger partial charge < -0.3 is 15.4 Å². The summed E-state index contributed by atoms with van der Waals surface area (Å²) in [6.45, 7) is 5.15. The lowest BCUT2D eigenvalue weighted by atomic mass is 9.94. The van der Waals surface area contributed by atoms with Crippen LogP contribution in [0, 0.1) is 5.82 Å². The van der Waals surface area contributed by atoms with Crippen LogP contribution in [-0.2, 0) is 17.9 Å². The van der Waals surface area contributed by atoms with Gasteiger partial charge in [-0.25, -0.2) is 4.39 Å². The first-order valence-electron chi connectivity index (χ1n) is 8.83. The van der Waals surface area contributed by atoms with Crippen LogP contribution in [0.5, 0.6) is 0 Å². The molecule has 0 amide bonds. The summed E-state index contributed by atoms with van der Waals surface area (Å²) in [5.74, 6) is 0.815. The Kier molecular flexibility index (Phi) is 10.3. The molecule has 0 radical (unpaired) electrons. The van der Waals surface area contributed by atoms with Crippen molar-refractivity contribution in [1.29, 1.82) is 0 Å². The maximum atomic E-state index is 13.7. The molecule has 27 heavy (non-hydrogen) atoms. The second kappa shape index (κ2) is 11.9. The van der Waals surface area contributed by atoms with Crippen LogP contribution in [-0.4, -0.2) is 26.2 Å². The van der Waals surface area contributed by atoms with Crippen molar-refractivity contribution in [3.63, 3.8) is 0 Å². The minimum Gasteiger partial charge on any atom is -0.380 e. The van der Waals surface area contributed by atoms with Crippen LogP contribution in [0.3, 0.4) is 0 Å². The summed E-state index contributed by atoms with van der Waals surface area (Å²) in [5.41, 5.74) is 2.82. The Morgan fingerprint density at radius 1 is 1.15 bits per heavy atom. The highest BCUT2D eigenvalue weighted by Gasteiger charge is 2.15. The Labute approximate surface area is 178 Å². The summed E-state index contributed by atoms with van der Waals surface area (Å²) in [5, 5.41) is 6.71. The van der Waals surface area contributed by atoms with E-state index in [9.17, 15) is 4.39 Å². The van der Waals surface area contributed by atoms with E-state index in [4.69, 9.17) is 4.74 Å². The molecule has 0 aliphatic carbocycles. The van der Waals surface area contributed by atoms with Gasteiger partial charge in [-0.1, -0.05) is 43.3 Å². The Balaban J connectivity index is 0.00000364. The number of hydrogen-bond acceptors (Lipinski definition) is 2. The van der Waals surface area contributed by atoms with E-state index in [1.165, 1.54) is 11.6 Å². The molecular weight excluding hydrogens is 456 g/mol. The summed E-state index contributed by atoms with van der Waals surface area (Å²) in [6.07, 6.45) is 0. The van der Waals surface area contributed by atoms with Crippen molar-refractivity contribution in [1.82, 2.24) is 10.6 Å². The molecule has 0 aliphatic heterocycles. The van der Waals surface area contributed by atoms with Crippen molar-refractivity contribution in [3.8, 4) is 0 Å². The lowest BCUT2D eigenvalue weighted by molar-refractivity contribution is 0.181. The molecule has 2 N–H and O–H groups in total. The van der Waals surface area contributed by atoms with Gasteiger partial charge in [0.05, 0.1) is 6.61 Å². The van der Waals surface area contributed by atoms with Crippen molar-refractivity contribution in [2.75, 3.05) is 14.2 Å². The van der Waals surface area contributed by atoms with Gasteiger partial charge in [0.15, 0.2) is 5.96 Å². The highest BCUT2D eigenvalue weighted by Crippen LogP contribution is 2.18. The predicted molar refractivity (Wildman–Crippen MR) is 120 cm³/mol. The highest BCUT2D eigenvalue weighted by molar-refractivity contribution is 14.0. The monoisotopic (exact) mass is 485 g/mol. The highest BCUT2D eigenvalue weighted by atomic mass is 127. The first-order valence-corrected chi connectivity index (χ1v) is 8.83. The average Bonchev–Trinajstić information content (AvgIpc) is 2.67. The third-order valence-electron chi connectivity index (χ3n) is 4.53. The third kappa shape index (κ3) is 7.10. The van der Waals surface area contributed by atoms with E-state index in [0.29, 0.717) is 18.0 Å². The summed E-state index contributed by atoms with van der Waals surface area (Å²) < 4.78 is 18.7. The molecule has 0 aromatic heterocycles. The van der Waals surface area contributed by atoms with Gasteiger partial charge in [-0.15, -0.1) is 24.0 Å². The largest absolute Gasteiger partial charge is 0.380 e. The molecule has 0 spiro atoms. The van der Waals surface area contributed by atoms with E-state index in [1.54, 1.807) is 20.2 Å². The van der Waals surface area contributed by atoms with E-state index in [0.717, 1.165) is 11.5 Å². The summed E-state index contributed by atoms with van der Waals surface area (Å²) in [7, 11) is 3.31. The van der Waals surface area contributed by atoms with Crippen molar-refractivity contribution >= 4 is 29.9 Å². The van der Waals surface area contributed by atoms with Crippen LogP contribution in [0.4, 0.5) is 4.39 Å². The van der Waals surface area contributed by atoms with Gasteiger partial charge in [0, 0.05) is 38.2 Å². The third-order valence-corrected chi connectivity index (χ3v) is 4.53. The first-order chi connectivity index (χ1) is 12.5. The van der Waals surface area contributed by atoms with Crippen molar-refractivity contribution in [3.05, 3.63) is 71.0 Å². The van der Waals surface area contributed by atoms with Crippen LogP contribution >= 0.6 is 24.0 Å². The van der Waals surface area contributed by atoms with E-state index in [-0.39, 0.29) is 42.4 Å². The van der Waals surface area contributed by atoms with Gasteiger partial charge in [0.25, 0.3) is 0 Å². The van der Waals surface area contributed by atoms with Crippen molar-refractivity contribution in [2.24, 2.45) is 4.99 Å². The minimum absolute atomic E-state index is 0. The molecule has 0 saturated carbocycles. The van der Waals surface area contributed by atoms with E-state index in [2.05, 4.69) is 53.7 Å². The molecule has 0 heterocycles. The van der Waals surface area contributed by atoms with Gasteiger partial charge >= 0.3 is 0 Å². The maximum Gasteiger partial charge on any atom is 0.191 e. The zero-order valence-electron chi connectivity index (χ0n) is 16.3. The van der Waals surface area contributed by atoms with E-state index < -0.39 is 0 Å². The van der Waals surface area contributed by atoms with E-state index >= 15 is 0 Å². The molecule has 2 atom stereocenters. The molecule has 2 rings (SSSR count). The molecule has 2 aromatic rings. The van der Waals surface area contributed by atoms with Gasteiger partial charge in [-0.3, -0.25) is 4.99 Å². The fraction of sp³-hybridized carbons (Fsp3) is 0.381. The average molecular weight is 485 g/mol. The van der Waals surface area contributed by atoms with Crippen LogP contribution in [0.2, 0.25) is 0 Å². The number of aliphatic imine (C=N–C) groups is 1. The predicted octanol–water partition coefficient (Wildman–Crippen LogP) is 4.45. The zero-order valence-corrected chi connectivity index (χ0v) is 18.7. The molecular formula is C21H29FIN3O. The molecule has 148 valence electrons. The lowest BCUT2D eigenvalue weighted by Crippen LogP contribution is -2.43. The smallest absolute Gasteiger partial charge is 0.191 e. The van der Waals surface area contributed by atoms with Crippen molar-refractivity contribution < 1.29 is 9.13 Å². The van der Waals surface area contributed by atoms with Crippen LogP contribution in [0.15, 0.2) is 53.5 Å². The number of rotatable bonds is 7. The number of hydrogen-bond donors (Lipinski definition) is 2. The van der Waals surface area contributed by atoms with Crippen molar-refractivity contribution in [2.45, 2.75) is 39.0 Å². The van der Waals surface area contributed by atoms with Crippen LogP contribution in [0.25, 0.3) is 0 Å². The quantitative estimate of drug-likeness (QED) is 0.346. The SMILES string of the molecule is CN=C(NCc1ccc(F)c(COC)c1)NC(C)C(C)c1ccccc1.I. The molecule has 4 nitrogen and oxygen atoms in total. The zero-order chi connectivity index (χ0) is 18.9. The Bertz CT molecular complexity index is 725. The molecule has 0 aliphatic rings. The van der Waals surface area contributed by atoms with Gasteiger partial charge in [0.2, 0.25) is 0 Å². The fourth-order valence-electron chi connectivity index (χ4n) is 2.77. The summed E-state index contributed by atoms with van der Waals surface area (Å²) in [6, 6.07) is 15.7. The standard InChI is InChI=1S/C21H28FN3O.HI/c1-15(18-8-6-5-7-9-18)16(2)25-21(23-3)24-13-17-10-11-20(22)19(12-17)14-26-4;/h5-12,15-16H,13-14H2,1-4H3,(H2,23,24,25);1H. The number of nitrogens with one attached hydrogen (secondary N) is 2. The van der Waals surface area contributed by atoms with Gasteiger partial charge in [-0.2, -0.15) is 0 Å².